The number of nitriles is 1. The van der Waals surface area contributed by atoms with Crippen LogP contribution in [-0.4, -0.2) is 12.1 Å². The highest BCUT2D eigenvalue weighted by Crippen LogP contribution is 2.60. The number of esters is 1. The number of nitrogens with zero attached hydrogens (tertiary/aromatic N) is 1. The second-order valence-corrected chi connectivity index (χ2v) is 8.18. The normalized spacial score (nSPS) is 21.0. The van der Waals surface area contributed by atoms with Gasteiger partial charge in [0.1, 0.15) is 22.6 Å². The zero-order chi connectivity index (χ0) is 22.8. The van der Waals surface area contributed by atoms with E-state index in [4.69, 9.17) is 21.1 Å². The van der Waals surface area contributed by atoms with Gasteiger partial charge in [0.2, 0.25) is 6.10 Å². The molecule has 3 rings (SSSR count). The Morgan fingerprint density at radius 3 is 2.42 bits per heavy atom. The second-order valence-electron chi connectivity index (χ2n) is 7.77. The highest BCUT2D eigenvalue weighted by molar-refractivity contribution is 6.30. The summed E-state index contributed by atoms with van der Waals surface area (Å²) in [5, 5.41) is 8.23. The lowest BCUT2D eigenvalue weighted by atomic mass is 10.1. The van der Waals surface area contributed by atoms with Crippen molar-refractivity contribution < 1.29 is 27.4 Å². The Hall–Kier alpha value is -2.98. The molecule has 0 aromatic heterocycles. The standard InChI is InChI=1S/C23H19ClF3NO3/c1-22(2)17(12-19(24)23(25,26)27)20(22)21(29)31-18(13-28)14-7-6-10-16(11-14)30-15-8-4-3-5-9-15/h3-12,17-18,20H,1-2H3/b19-12+/t17?,18-,20+/m1/s1. The summed E-state index contributed by atoms with van der Waals surface area (Å²) in [6, 6.07) is 17.4. The number of hydrogen-bond donors (Lipinski definition) is 0. The molecule has 0 amide bonds. The fourth-order valence-corrected chi connectivity index (χ4v) is 3.55. The molecule has 0 spiro atoms. The van der Waals surface area contributed by atoms with Crippen molar-refractivity contribution in [2.75, 3.05) is 0 Å². The Morgan fingerprint density at radius 2 is 1.81 bits per heavy atom. The lowest BCUT2D eigenvalue weighted by molar-refractivity contribution is -0.149. The van der Waals surface area contributed by atoms with Crippen molar-refractivity contribution in [3.63, 3.8) is 0 Å². The van der Waals surface area contributed by atoms with Crippen LogP contribution in [-0.2, 0) is 9.53 Å². The molecule has 2 aromatic carbocycles. The zero-order valence-corrected chi connectivity index (χ0v) is 17.4. The summed E-state index contributed by atoms with van der Waals surface area (Å²) in [6.07, 6.45) is -5.07. The molecule has 0 bridgehead atoms. The van der Waals surface area contributed by atoms with E-state index in [2.05, 4.69) is 0 Å². The number of alkyl halides is 3. The molecule has 1 aliphatic rings. The van der Waals surface area contributed by atoms with E-state index in [1.807, 2.05) is 24.3 Å². The number of carbonyl (C=O) groups is 1. The number of halogens is 4. The second kappa shape index (κ2) is 8.64. The van der Waals surface area contributed by atoms with E-state index in [1.165, 1.54) is 0 Å². The number of allylic oxidation sites excluding steroid dienone is 2. The van der Waals surface area contributed by atoms with Crippen LogP contribution >= 0.6 is 11.6 Å². The lowest BCUT2D eigenvalue weighted by Crippen LogP contribution is -2.14. The van der Waals surface area contributed by atoms with Gasteiger partial charge < -0.3 is 9.47 Å². The molecular weight excluding hydrogens is 431 g/mol. The van der Waals surface area contributed by atoms with Crippen LogP contribution in [0.2, 0.25) is 0 Å². The zero-order valence-electron chi connectivity index (χ0n) is 16.7. The third-order valence-electron chi connectivity index (χ3n) is 5.25. The van der Waals surface area contributed by atoms with E-state index in [0.717, 1.165) is 6.08 Å². The maximum atomic E-state index is 12.7. The van der Waals surface area contributed by atoms with E-state index in [0.29, 0.717) is 17.1 Å². The summed E-state index contributed by atoms with van der Waals surface area (Å²) in [5.41, 5.74) is -0.371. The van der Waals surface area contributed by atoms with Crippen LogP contribution in [0.15, 0.2) is 65.7 Å². The van der Waals surface area contributed by atoms with E-state index in [1.54, 1.807) is 50.2 Å². The minimum Gasteiger partial charge on any atom is -0.457 e. The van der Waals surface area contributed by atoms with Crippen molar-refractivity contribution in [1.82, 2.24) is 0 Å². The summed E-state index contributed by atoms with van der Waals surface area (Å²) >= 11 is 5.32. The van der Waals surface area contributed by atoms with Gasteiger partial charge in [-0.25, -0.2) is 0 Å². The number of benzene rings is 2. The molecule has 2 aromatic rings. The highest BCUT2D eigenvalue weighted by atomic mass is 35.5. The minimum atomic E-state index is -4.68. The van der Waals surface area contributed by atoms with E-state index in [-0.39, 0.29) is 0 Å². The predicted molar refractivity (Wildman–Crippen MR) is 108 cm³/mol. The van der Waals surface area contributed by atoms with Crippen LogP contribution < -0.4 is 4.74 Å². The summed E-state index contributed by atoms with van der Waals surface area (Å²) < 4.78 is 49.2. The Bertz CT molecular complexity index is 1030. The van der Waals surface area contributed by atoms with Crippen molar-refractivity contribution in [1.29, 1.82) is 5.26 Å². The van der Waals surface area contributed by atoms with Crippen molar-refractivity contribution in [3.05, 3.63) is 71.3 Å². The molecular formula is C23H19ClF3NO3. The van der Waals surface area contributed by atoms with Crippen LogP contribution in [0, 0.1) is 28.6 Å². The molecule has 31 heavy (non-hydrogen) atoms. The average Bonchev–Trinajstić information content (AvgIpc) is 3.26. The number of para-hydroxylation sites is 1. The molecule has 0 heterocycles. The summed E-state index contributed by atoms with van der Waals surface area (Å²) in [7, 11) is 0. The summed E-state index contributed by atoms with van der Waals surface area (Å²) in [6.45, 7) is 3.30. The van der Waals surface area contributed by atoms with E-state index >= 15 is 0 Å². The Morgan fingerprint density at radius 1 is 1.16 bits per heavy atom. The predicted octanol–water partition coefficient (Wildman–Crippen LogP) is 6.54. The minimum absolute atomic E-state index is 0.392. The highest BCUT2D eigenvalue weighted by Gasteiger charge is 2.62. The summed E-state index contributed by atoms with van der Waals surface area (Å²) in [5.74, 6) is -1.27. The molecule has 0 aliphatic heterocycles. The van der Waals surface area contributed by atoms with Gasteiger partial charge in [0.25, 0.3) is 0 Å². The third kappa shape index (κ3) is 5.20. The van der Waals surface area contributed by atoms with E-state index < -0.39 is 40.5 Å². The maximum absolute atomic E-state index is 12.7. The first-order valence-corrected chi connectivity index (χ1v) is 9.79. The van der Waals surface area contributed by atoms with Gasteiger partial charge in [-0.3, -0.25) is 4.79 Å². The van der Waals surface area contributed by atoms with Crippen molar-refractivity contribution >= 4 is 17.6 Å². The quantitative estimate of drug-likeness (QED) is 0.469. The molecule has 0 radical (unpaired) electrons. The van der Waals surface area contributed by atoms with Crippen molar-refractivity contribution in [2.45, 2.75) is 26.1 Å². The largest absolute Gasteiger partial charge is 0.457 e. The van der Waals surface area contributed by atoms with Crippen LogP contribution in [0.25, 0.3) is 0 Å². The monoisotopic (exact) mass is 449 g/mol. The molecule has 1 saturated carbocycles. The Balaban J connectivity index is 1.72. The van der Waals surface area contributed by atoms with Gasteiger partial charge in [0.15, 0.2) is 0 Å². The molecule has 8 heteroatoms. The molecule has 1 unspecified atom stereocenters. The molecule has 3 atom stereocenters. The molecule has 0 N–H and O–H groups in total. The molecule has 1 aliphatic carbocycles. The molecule has 0 saturated heterocycles. The topological polar surface area (TPSA) is 59.3 Å². The number of rotatable bonds is 6. The molecule has 1 fully saturated rings. The third-order valence-corrected chi connectivity index (χ3v) is 5.59. The van der Waals surface area contributed by atoms with Gasteiger partial charge >= 0.3 is 12.1 Å². The van der Waals surface area contributed by atoms with E-state index in [9.17, 15) is 23.2 Å². The molecule has 4 nitrogen and oxygen atoms in total. The number of carbonyl (C=O) groups excluding carboxylic acids is 1. The summed E-state index contributed by atoms with van der Waals surface area (Å²) in [4.78, 5) is 12.6. The first-order valence-electron chi connectivity index (χ1n) is 9.41. The number of ether oxygens (including phenoxy) is 2. The van der Waals surface area contributed by atoms with Gasteiger partial charge in [-0.15, -0.1) is 0 Å². The van der Waals surface area contributed by atoms with Gasteiger partial charge in [-0.05, 0) is 35.6 Å². The van der Waals surface area contributed by atoms with Crippen LogP contribution in [0.3, 0.4) is 0 Å². The smallest absolute Gasteiger partial charge is 0.426 e. The van der Waals surface area contributed by atoms with Gasteiger partial charge in [0, 0.05) is 5.56 Å². The fraction of sp³-hybridized carbons (Fsp3) is 0.304. The van der Waals surface area contributed by atoms with Gasteiger partial charge in [0.05, 0.1) is 5.92 Å². The SMILES string of the molecule is CC1(C)C(/C=C(/Cl)C(F)(F)F)[C@H]1C(=O)O[C@H](C#N)c1cccc(Oc2ccccc2)c1. The maximum Gasteiger partial charge on any atom is 0.426 e. The first-order chi connectivity index (χ1) is 14.5. The van der Waals surface area contributed by atoms with Gasteiger partial charge in [-0.1, -0.05) is 61.9 Å². The number of hydrogen-bond acceptors (Lipinski definition) is 4. The van der Waals surface area contributed by atoms with Crippen molar-refractivity contribution in [2.24, 2.45) is 17.3 Å². The lowest BCUT2D eigenvalue weighted by Gasteiger charge is -2.13. The van der Waals surface area contributed by atoms with Gasteiger partial charge in [-0.2, -0.15) is 18.4 Å². The van der Waals surface area contributed by atoms with Crippen LogP contribution in [0.5, 0.6) is 11.5 Å². The Labute approximate surface area is 182 Å². The Kier molecular flexibility index (Phi) is 6.33. The molecule has 162 valence electrons. The first kappa shape index (κ1) is 22.7. The van der Waals surface area contributed by atoms with Crippen molar-refractivity contribution in [3.8, 4) is 17.6 Å². The fourth-order valence-electron chi connectivity index (χ4n) is 3.42. The van der Waals surface area contributed by atoms with Crippen LogP contribution in [0.1, 0.15) is 25.5 Å². The van der Waals surface area contributed by atoms with Crippen LogP contribution in [0.4, 0.5) is 13.2 Å². The average molecular weight is 450 g/mol.